The summed E-state index contributed by atoms with van der Waals surface area (Å²) in [5.41, 5.74) is 3.13. The smallest absolute Gasteiger partial charge is 0.161 e. The van der Waals surface area contributed by atoms with Crippen LogP contribution in [0.25, 0.3) is 11.4 Å². The summed E-state index contributed by atoms with van der Waals surface area (Å²) < 4.78 is 0.761. The van der Waals surface area contributed by atoms with Gasteiger partial charge in [0.05, 0.1) is 10.2 Å². The van der Waals surface area contributed by atoms with Gasteiger partial charge in [-0.25, -0.2) is 9.97 Å². The van der Waals surface area contributed by atoms with E-state index in [0.717, 1.165) is 22.2 Å². The molecule has 0 spiro atoms. The maximum atomic E-state index is 6.07. The lowest BCUT2D eigenvalue weighted by Gasteiger charge is -2.08. The highest BCUT2D eigenvalue weighted by molar-refractivity contribution is 9.10. The summed E-state index contributed by atoms with van der Waals surface area (Å²) in [6.07, 6.45) is 0.951. The molecule has 2 aromatic rings. The number of hydrogen-bond acceptors (Lipinski definition) is 2. The third-order valence-corrected chi connectivity index (χ3v) is 4.07. The van der Waals surface area contributed by atoms with Crippen molar-refractivity contribution in [3.8, 4) is 11.4 Å². The van der Waals surface area contributed by atoms with Gasteiger partial charge in [0.2, 0.25) is 0 Å². The largest absolute Gasteiger partial charge is 0.232 e. The zero-order chi connectivity index (χ0) is 12.4. The highest BCUT2D eigenvalue weighted by atomic mass is 79.9. The lowest BCUT2D eigenvalue weighted by molar-refractivity contribution is 1.07. The third kappa shape index (κ3) is 2.50. The minimum Gasteiger partial charge on any atom is -0.232 e. The van der Waals surface area contributed by atoms with Crippen LogP contribution in [0.15, 0.2) is 28.7 Å². The molecule has 0 unspecified atom stereocenters. The van der Waals surface area contributed by atoms with E-state index in [0.29, 0.717) is 11.0 Å². The van der Waals surface area contributed by atoms with Crippen LogP contribution in [0, 0.1) is 6.92 Å². The summed E-state index contributed by atoms with van der Waals surface area (Å²) in [4.78, 5) is 8.79. The van der Waals surface area contributed by atoms with E-state index in [9.17, 15) is 0 Å². The van der Waals surface area contributed by atoms with Gasteiger partial charge in [-0.05, 0) is 34.8 Å². The van der Waals surface area contributed by atoms with Crippen molar-refractivity contribution in [1.82, 2.24) is 9.97 Å². The van der Waals surface area contributed by atoms with Crippen molar-refractivity contribution in [3.05, 3.63) is 45.1 Å². The summed E-state index contributed by atoms with van der Waals surface area (Å²) in [6.45, 7) is 4.03. The van der Waals surface area contributed by atoms with Crippen molar-refractivity contribution in [2.75, 3.05) is 0 Å². The van der Waals surface area contributed by atoms with Crippen LogP contribution in [-0.4, -0.2) is 9.97 Å². The Balaban J connectivity index is 2.61. The number of halogens is 2. The van der Waals surface area contributed by atoms with E-state index in [2.05, 4.69) is 38.9 Å². The van der Waals surface area contributed by atoms with E-state index in [1.165, 1.54) is 5.56 Å². The molecule has 17 heavy (non-hydrogen) atoms. The van der Waals surface area contributed by atoms with Crippen LogP contribution >= 0.6 is 27.5 Å². The molecule has 0 radical (unpaired) electrons. The number of aromatic nitrogens is 2. The zero-order valence-corrected chi connectivity index (χ0v) is 12.0. The van der Waals surface area contributed by atoms with Gasteiger partial charge in [0, 0.05) is 5.56 Å². The van der Waals surface area contributed by atoms with Gasteiger partial charge in [-0.2, -0.15) is 0 Å². The molecule has 0 atom stereocenters. The minimum atomic E-state index is 0.457. The van der Waals surface area contributed by atoms with E-state index in [1.54, 1.807) is 0 Å². The monoisotopic (exact) mass is 310 g/mol. The van der Waals surface area contributed by atoms with Crippen molar-refractivity contribution in [2.24, 2.45) is 0 Å². The Hall–Kier alpha value is -0.930. The van der Waals surface area contributed by atoms with E-state index < -0.39 is 0 Å². The van der Waals surface area contributed by atoms with Gasteiger partial charge in [0.25, 0.3) is 0 Å². The Morgan fingerprint density at radius 1 is 1.24 bits per heavy atom. The quantitative estimate of drug-likeness (QED) is 0.767. The first-order chi connectivity index (χ1) is 8.13. The number of hydrogen-bond donors (Lipinski definition) is 0. The standard InChI is InChI=1S/C13H12BrClN2/c1-3-9-6-4-5-7-10(9)13-16-8(2)11(14)12(15)17-13/h4-7H,3H2,1-2H3. The van der Waals surface area contributed by atoms with Gasteiger partial charge in [-0.1, -0.05) is 42.8 Å². The van der Waals surface area contributed by atoms with Gasteiger partial charge < -0.3 is 0 Å². The molecule has 1 aromatic carbocycles. The normalized spacial score (nSPS) is 10.6. The molecule has 0 amide bonds. The number of aryl methyl sites for hydroxylation is 2. The Morgan fingerprint density at radius 3 is 2.59 bits per heavy atom. The molecule has 0 saturated heterocycles. The first kappa shape index (κ1) is 12.5. The average molecular weight is 312 g/mol. The van der Waals surface area contributed by atoms with Crippen LogP contribution in [0.5, 0.6) is 0 Å². The molecule has 0 fully saturated rings. The summed E-state index contributed by atoms with van der Waals surface area (Å²) in [5, 5.41) is 0.457. The molecule has 2 rings (SSSR count). The van der Waals surface area contributed by atoms with Crippen LogP contribution in [0.2, 0.25) is 5.15 Å². The fourth-order valence-corrected chi connectivity index (χ4v) is 2.09. The van der Waals surface area contributed by atoms with Crippen molar-refractivity contribution in [1.29, 1.82) is 0 Å². The number of nitrogens with zero attached hydrogens (tertiary/aromatic N) is 2. The summed E-state index contributed by atoms with van der Waals surface area (Å²) in [5.74, 6) is 0.688. The molecule has 0 N–H and O–H groups in total. The van der Waals surface area contributed by atoms with Crippen LogP contribution in [-0.2, 0) is 6.42 Å². The van der Waals surface area contributed by atoms with E-state index in [4.69, 9.17) is 11.6 Å². The Bertz CT molecular complexity index is 532. The van der Waals surface area contributed by atoms with Crippen LogP contribution in [0.3, 0.4) is 0 Å². The fourth-order valence-electron chi connectivity index (χ4n) is 1.69. The predicted octanol–water partition coefficient (Wildman–Crippen LogP) is 4.43. The Morgan fingerprint density at radius 2 is 1.94 bits per heavy atom. The molecule has 1 heterocycles. The van der Waals surface area contributed by atoms with Crippen molar-refractivity contribution in [3.63, 3.8) is 0 Å². The van der Waals surface area contributed by atoms with Gasteiger partial charge in [0.1, 0.15) is 5.15 Å². The molecule has 4 heteroatoms. The van der Waals surface area contributed by atoms with E-state index >= 15 is 0 Å². The summed E-state index contributed by atoms with van der Waals surface area (Å²) in [7, 11) is 0. The molecular formula is C13H12BrClN2. The zero-order valence-electron chi connectivity index (χ0n) is 9.67. The summed E-state index contributed by atoms with van der Waals surface area (Å²) >= 11 is 9.43. The second-order valence-electron chi connectivity index (χ2n) is 3.75. The molecule has 0 aliphatic rings. The van der Waals surface area contributed by atoms with Gasteiger partial charge in [-0.15, -0.1) is 0 Å². The van der Waals surface area contributed by atoms with Crippen molar-refractivity contribution >= 4 is 27.5 Å². The summed E-state index contributed by atoms with van der Waals surface area (Å²) in [6, 6.07) is 8.13. The second-order valence-corrected chi connectivity index (χ2v) is 4.90. The SMILES string of the molecule is CCc1ccccc1-c1nc(C)c(Br)c(Cl)n1. The van der Waals surface area contributed by atoms with Crippen molar-refractivity contribution in [2.45, 2.75) is 20.3 Å². The maximum absolute atomic E-state index is 6.07. The van der Waals surface area contributed by atoms with Gasteiger partial charge in [0.15, 0.2) is 5.82 Å². The van der Waals surface area contributed by atoms with Crippen molar-refractivity contribution < 1.29 is 0 Å². The van der Waals surface area contributed by atoms with Crippen LogP contribution in [0.1, 0.15) is 18.2 Å². The lowest BCUT2D eigenvalue weighted by Crippen LogP contribution is -1.97. The molecule has 0 bridgehead atoms. The highest BCUT2D eigenvalue weighted by Crippen LogP contribution is 2.28. The average Bonchev–Trinajstić information content (AvgIpc) is 2.35. The van der Waals surface area contributed by atoms with E-state index in [-0.39, 0.29) is 0 Å². The lowest BCUT2D eigenvalue weighted by atomic mass is 10.0. The van der Waals surface area contributed by atoms with E-state index in [1.807, 2.05) is 25.1 Å². The molecular weight excluding hydrogens is 300 g/mol. The molecule has 0 aliphatic heterocycles. The Labute approximate surface area is 114 Å². The first-order valence-corrected chi connectivity index (χ1v) is 6.58. The minimum absolute atomic E-state index is 0.457. The Kier molecular flexibility index (Phi) is 3.79. The fraction of sp³-hybridized carbons (Fsp3) is 0.231. The molecule has 88 valence electrons. The molecule has 0 saturated carbocycles. The van der Waals surface area contributed by atoms with Crippen LogP contribution in [0.4, 0.5) is 0 Å². The predicted molar refractivity (Wildman–Crippen MR) is 74.3 cm³/mol. The molecule has 2 nitrogen and oxygen atoms in total. The maximum Gasteiger partial charge on any atom is 0.161 e. The van der Waals surface area contributed by atoms with Crippen LogP contribution < -0.4 is 0 Å². The third-order valence-electron chi connectivity index (χ3n) is 2.62. The molecule has 1 aromatic heterocycles. The first-order valence-electron chi connectivity index (χ1n) is 5.41. The topological polar surface area (TPSA) is 25.8 Å². The van der Waals surface area contributed by atoms with Gasteiger partial charge in [-0.3, -0.25) is 0 Å². The number of rotatable bonds is 2. The second kappa shape index (κ2) is 5.15. The highest BCUT2D eigenvalue weighted by Gasteiger charge is 2.11. The molecule has 0 aliphatic carbocycles. The van der Waals surface area contributed by atoms with Gasteiger partial charge >= 0.3 is 0 Å². The number of benzene rings is 1.